The molecule has 0 aromatic rings. The van der Waals surface area contributed by atoms with Crippen molar-refractivity contribution in [2.75, 3.05) is 32.9 Å². The molecule has 19 heavy (non-hydrogen) atoms. The summed E-state index contributed by atoms with van der Waals surface area (Å²) in [4.78, 5) is 14.8. The number of rotatable bonds is 4. The minimum atomic E-state index is -0.0423. The van der Waals surface area contributed by atoms with Gasteiger partial charge in [0.2, 0.25) is 5.91 Å². The van der Waals surface area contributed by atoms with E-state index in [1.165, 1.54) is 0 Å². The molecular formula is C14H26N2O3. The van der Waals surface area contributed by atoms with E-state index < -0.39 is 0 Å². The first kappa shape index (κ1) is 14.8. The highest BCUT2D eigenvalue weighted by molar-refractivity contribution is 5.80. The van der Waals surface area contributed by atoms with Gasteiger partial charge in [-0.1, -0.05) is 13.8 Å². The molecule has 4 atom stereocenters. The number of likely N-dealkylation sites (N-methyl/N-ethyl adjacent to an activating group) is 1. The number of amides is 1. The summed E-state index contributed by atoms with van der Waals surface area (Å²) in [5, 5.41) is 3.35. The van der Waals surface area contributed by atoms with Crippen LogP contribution in [0.25, 0.3) is 0 Å². The summed E-state index contributed by atoms with van der Waals surface area (Å²) in [6, 6.07) is 0.375. The molecule has 2 aliphatic heterocycles. The van der Waals surface area contributed by atoms with Gasteiger partial charge < -0.3 is 19.7 Å². The van der Waals surface area contributed by atoms with Crippen molar-refractivity contribution >= 4 is 5.91 Å². The molecule has 1 amide bonds. The first-order valence-electron chi connectivity index (χ1n) is 7.40. The first-order valence-corrected chi connectivity index (χ1v) is 7.40. The average Bonchev–Trinajstić information content (AvgIpc) is 2.86. The lowest BCUT2D eigenvalue weighted by molar-refractivity contribution is -0.149. The highest BCUT2D eigenvalue weighted by atomic mass is 16.5. The molecule has 2 fully saturated rings. The lowest BCUT2D eigenvalue weighted by Gasteiger charge is -2.40. The number of nitrogens with one attached hydrogen (secondary N) is 1. The van der Waals surface area contributed by atoms with Crippen LogP contribution in [0.15, 0.2) is 0 Å². The van der Waals surface area contributed by atoms with Gasteiger partial charge in [0, 0.05) is 12.6 Å². The molecule has 0 saturated carbocycles. The molecule has 2 rings (SSSR count). The van der Waals surface area contributed by atoms with E-state index in [0.717, 1.165) is 13.0 Å². The summed E-state index contributed by atoms with van der Waals surface area (Å²) in [5.74, 6) is 0.185. The number of morpholine rings is 1. The number of nitrogens with zero attached hydrogens (tertiary/aromatic N) is 1. The molecule has 0 bridgehead atoms. The Morgan fingerprint density at radius 2 is 2.11 bits per heavy atom. The number of carbonyl (C=O) groups excluding carboxylic acids is 1. The zero-order chi connectivity index (χ0) is 13.8. The van der Waals surface area contributed by atoms with E-state index in [0.29, 0.717) is 26.4 Å². The number of carbonyl (C=O) groups is 1. The predicted octanol–water partition coefficient (Wildman–Crippen LogP) is 0.637. The summed E-state index contributed by atoms with van der Waals surface area (Å²) in [6.45, 7) is 9.60. The van der Waals surface area contributed by atoms with Crippen LogP contribution in [0.1, 0.15) is 27.2 Å². The Hall–Kier alpha value is -0.650. The standard InChI is InChI=1S/C14H26N2O3/c1-4-11-7-19-10(3)6-16(11)14(17)12-8-18-9-13(12)15-5-2/h10-13,15H,4-9H2,1-3H3. The summed E-state index contributed by atoms with van der Waals surface area (Å²) < 4.78 is 11.1. The largest absolute Gasteiger partial charge is 0.379 e. The molecule has 4 unspecified atom stereocenters. The smallest absolute Gasteiger partial charge is 0.230 e. The van der Waals surface area contributed by atoms with Gasteiger partial charge in [0.1, 0.15) is 0 Å². The van der Waals surface area contributed by atoms with Crippen LogP contribution in [0.4, 0.5) is 0 Å². The van der Waals surface area contributed by atoms with Gasteiger partial charge in [-0.3, -0.25) is 4.79 Å². The van der Waals surface area contributed by atoms with Crippen LogP contribution in [0.5, 0.6) is 0 Å². The van der Waals surface area contributed by atoms with E-state index in [1.807, 2.05) is 11.8 Å². The van der Waals surface area contributed by atoms with E-state index in [2.05, 4.69) is 19.2 Å². The van der Waals surface area contributed by atoms with Gasteiger partial charge in [0.25, 0.3) is 0 Å². The molecule has 2 heterocycles. The molecule has 0 aliphatic carbocycles. The Labute approximate surface area is 115 Å². The van der Waals surface area contributed by atoms with E-state index >= 15 is 0 Å². The molecule has 0 aromatic carbocycles. The third-order valence-corrected chi connectivity index (χ3v) is 4.09. The molecular weight excluding hydrogens is 244 g/mol. The van der Waals surface area contributed by atoms with Crippen molar-refractivity contribution in [3.05, 3.63) is 0 Å². The topological polar surface area (TPSA) is 50.8 Å². The van der Waals surface area contributed by atoms with Gasteiger partial charge in [0.05, 0.1) is 37.9 Å². The van der Waals surface area contributed by atoms with Crippen LogP contribution < -0.4 is 5.32 Å². The number of hydrogen-bond donors (Lipinski definition) is 1. The van der Waals surface area contributed by atoms with Crippen LogP contribution in [0, 0.1) is 5.92 Å². The third-order valence-electron chi connectivity index (χ3n) is 4.09. The second-order valence-electron chi connectivity index (χ2n) is 5.50. The van der Waals surface area contributed by atoms with Crippen molar-refractivity contribution in [2.24, 2.45) is 5.92 Å². The van der Waals surface area contributed by atoms with Crippen LogP contribution in [-0.4, -0.2) is 61.9 Å². The van der Waals surface area contributed by atoms with Gasteiger partial charge in [-0.15, -0.1) is 0 Å². The minimum Gasteiger partial charge on any atom is -0.379 e. The van der Waals surface area contributed by atoms with Crippen molar-refractivity contribution in [1.29, 1.82) is 0 Å². The Morgan fingerprint density at radius 3 is 2.79 bits per heavy atom. The monoisotopic (exact) mass is 270 g/mol. The number of ether oxygens (including phenoxy) is 2. The summed E-state index contributed by atoms with van der Waals surface area (Å²) in [5.41, 5.74) is 0. The van der Waals surface area contributed by atoms with Gasteiger partial charge in [0.15, 0.2) is 0 Å². The van der Waals surface area contributed by atoms with Crippen molar-refractivity contribution < 1.29 is 14.3 Å². The highest BCUT2D eigenvalue weighted by Gasteiger charge is 2.39. The normalized spacial score (nSPS) is 35.6. The van der Waals surface area contributed by atoms with Crippen LogP contribution in [0.2, 0.25) is 0 Å². The summed E-state index contributed by atoms with van der Waals surface area (Å²) >= 11 is 0. The zero-order valence-electron chi connectivity index (χ0n) is 12.2. The summed E-state index contributed by atoms with van der Waals surface area (Å²) in [7, 11) is 0. The van der Waals surface area contributed by atoms with E-state index in [4.69, 9.17) is 9.47 Å². The molecule has 5 nitrogen and oxygen atoms in total. The van der Waals surface area contributed by atoms with Crippen LogP contribution >= 0.6 is 0 Å². The summed E-state index contributed by atoms with van der Waals surface area (Å²) in [6.07, 6.45) is 1.07. The molecule has 5 heteroatoms. The van der Waals surface area contributed by atoms with Crippen molar-refractivity contribution in [1.82, 2.24) is 10.2 Å². The predicted molar refractivity (Wildman–Crippen MR) is 73.0 cm³/mol. The van der Waals surface area contributed by atoms with Gasteiger partial charge >= 0.3 is 0 Å². The molecule has 1 N–H and O–H groups in total. The number of hydrogen-bond acceptors (Lipinski definition) is 4. The molecule has 2 aliphatic rings. The Kier molecular flexibility index (Phi) is 5.19. The SMILES string of the molecule is CCNC1COCC1C(=O)N1CC(C)OCC1CC. The third kappa shape index (κ3) is 3.27. The average molecular weight is 270 g/mol. The second-order valence-corrected chi connectivity index (χ2v) is 5.50. The minimum absolute atomic E-state index is 0.0423. The zero-order valence-corrected chi connectivity index (χ0v) is 12.2. The van der Waals surface area contributed by atoms with E-state index in [9.17, 15) is 4.79 Å². The molecule has 0 aromatic heterocycles. The second kappa shape index (κ2) is 6.68. The maximum atomic E-state index is 12.8. The fraction of sp³-hybridized carbons (Fsp3) is 0.929. The van der Waals surface area contributed by atoms with E-state index in [-0.39, 0.29) is 30.0 Å². The Morgan fingerprint density at radius 1 is 1.32 bits per heavy atom. The maximum Gasteiger partial charge on any atom is 0.230 e. The lowest BCUT2D eigenvalue weighted by Crippen LogP contribution is -2.55. The highest BCUT2D eigenvalue weighted by Crippen LogP contribution is 2.22. The fourth-order valence-corrected chi connectivity index (χ4v) is 2.93. The lowest BCUT2D eigenvalue weighted by atomic mass is 9.99. The maximum absolute atomic E-state index is 12.8. The van der Waals surface area contributed by atoms with Crippen molar-refractivity contribution in [3.63, 3.8) is 0 Å². The molecule has 2 saturated heterocycles. The molecule has 0 spiro atoms. The van der Waals surface area contributed by atoms with Crippen molar-refractivity contribution in [3.8, 4) is 0 Å². The van der Waals surface area contributed by atoms with Crippen LogP contribution in [0.3, 0.4) is 0 Å². The quantitative estimate of drug-likeness (QED) is 0.814. The van der Waals surface area contributed by atoms with Gasteiger partial charge in [-0.25, -0.2) is 0 Å². The fourth-order valence-electron chi connectivity index (χ4n) is 2.93. The molecule has 110 valence electrons. The molecule has 0 radical (unpaired) electrons. The Balaban J connectivity index is 2.03. The van der Waals surface area contributed by atoms with E-state index in [1.54, 1.807) is 0 Å². The first-order chi connectivity index (χ1) is 9.17. The van der Waals surface area contributed by atoms with Crippen LogP contribution in [-0.2, 0) is 14.3 Å². The Bertz CT molecular complexity index is 311. The van der Waals surface area contributed by atoms with Gasteiger partial charge in [-0.05, 0) is 19.9 Å². The van der Waals surface area contributed by atoms with Gasteiger partial charge in [-0.2, -0.15) is 0 Å². The van der Waals surface area contributed by atoms with Crippen molar-refractivity contribution in [2.45, 2.75) is 45.4 Å².